The molecular weight excluding hydrogens is 448 g/mol. The van der Waals surface area contributed by atoms with E-state index in [1.165, 1.54) is 6.92 Å². The summed E-state index contributed by atoms with van der Waals surface area (Å²) in [7, 11) is 0. The van der Waals surface area contributed by atoms with E-state index in [9.17, 15) is 19.5 Å². The molecule has 0 bridgehead atoms. The summed E-state index contributed by atoms with van der Waals surface area (Å²) in [5.41, 5.74) is 1.43. The van der Waals surface area contributed by atoms with Gasteiger partial charge in [0.25, 0.3) is 5.91 Å². The zero-order valence-corrected chi connectivity index (χ0v) is 19.1. The number of benzene rings is 3. The number of carboxylic acids is 1. The van der Waals surface area contributed by atoms with E-state index in [1.807, 2.05) is 30.3 Å². The molecular formula is C27H24N2O6. The number of Topliss-reactive ketones (excluding diaryl/α,β-unsaturated/α-hetero) is 1. The third-order valence-electron chi connectivity index (χ3n) is 5.62. The Bertz CT molecular complexity index is 1250. The molecule has 1 atom stereocenters. The first kappa shape index (κ1) is 23.7. The van der Waals surface area contributed by atoms with Crippen LogP contribution >= 0.6 is 0 Å². The topological polar surface area (TPSA) is 114 Å². The van der Waals surface area contributed by atoms with Crippen LogP contribution in [0.2, 0.25) is 0 Å². The number of amides is 1. The van der Waals surface area contributed by atoms with Gasteiger partial charge in [0.2, 0.25) is 5.60 Å². The number of carbonyl (C=O) groups excluding carboxylic acids is 2. The Labute approximate surface area is 202 Å². The van der Waals surface area contributed by atoms with Crippen molar-refractivity contribution in [3.05, 3.63) is 95.6 Å². The molecule has 0 aromatic heterocycles. The summed E-state index contributed by atoms with van der Waals surface area (Å²) in [5, 5.41) is 16.2. The van der Waals surface area contributed by atoms with E-state index in [0.717, 1.165) is 5.56 Å². The zero-order chi connectivity index (χ0) is 24.8. The zero-order valence-electron chi connectivity index (χ0n) is 19.1. The van der Waals surface area contributed by atoms with Gasteiger partial charge in [0.15, 0.2) is 5.78 Å². The van der Waals surface area contributed by atoms with Crippen LogP contribution in [0, 0.1) is 0 Å². The number of nitrogens with one attached hydrogen (secondary N) is 1. The largest absolute Gasteiger partial charge is 0.489 e. The summed E-state index contributed by atoms with van der Waals surface area (Å²) < 4.78 is 5.80. The highest BCUT2D eigenvalue weighted by atomic mass is 16.7. The predicted molar refractivity (Wildman–Crippen MR) is 130 cm³/mol. The monoisotopic (exact) mass is 472 g/mol. The minimum atomic E-state index is -1.69. The van der Waals surface area contributed by atoms with E-state index in [-0.39, 0.29) is 12.2 Å². The number of hydrogen-bond donors (Lipinski definition) is 2. The molecule has 0 fully saturated rings. The summed E-state index contributed by atoms with van der Waals surface area (Å²) in [6.45, 7) is 1.88. The maximum absolute atomic E-state index is 13.1. The molecule has 1 unspecified atom stereocenters. The number of carboxylic acid groups (broad SMARTS) is 1. The maximum Gasteiger partial charge on any atom is 0.308 e. The van der Waals surface area contributed by atoms with E-state index in [0.29, 0.717) is 34.9 Å². The third-order valence-corrected chi connectivity index (χ3v) is 5.62. The molecule has 8 nitrogen and oxygen atoms in total. The second-order valence-electron chi connectivity index (χ2n) is 8.26. The molecule has 1 heterocycles. The van der Waals surface area contributed by atoms with Crippen molar-refractivity contribution in [3.63, 3.8) is 0 Å². The van der Waals surface area contributed by atoms with E-state index in [2.05, 4.69) is 10.5 Å². The number of rotatable bonds is 9. The van der Waals surface area contributed by atoms with Crippen LogP contribution in [0.1, 0.15) is 41.3 Å². The Hall–Kier alpha value is -4.46. The van der Waals surface area contributed by atoms with Crippen molar-refractivity contribution >= 4 is 29.1 Å². The van der Waals surface area contributed by atoms with Gasteiger partial charge in [-0.2, -0.15) is 0 Å². The van der Waals surface area contributed by atoms with Crippen molar-refractivity contribution in [2.24, 2.45) is 5.16 Å². The highest BCUT2D eigenvalue weighted by molar-refractivity contribution is 6.09. The van der Waals surface area contributed by atoms with Gasteiger partial charge < -0.3 is 20.0 Å². The van der Waals surface area contributed by atoms with Crippen LogP contribution in [-0.4, -0.2) is 34.1 Å². The van der Waals surface area contributed by atoms with Crippen molar-refractivity contribution < 1.29 is 29.1 Å². The SMILES string of the molecule is CC(=O)c1ccc(NC(=O)C2(CC(=O)O)CC(c3ccc(OCc4ccccc4)cc3)=NO2)cc1. The normalized spacial score (nSPS) is 16.7. The van der Waals surface area contributed by atoms with Gasteiger partial charge in [-0.25, -0.2) is 0 Å². The molecule has 0 spiro atoms. The molecule has 3 aromatic carbocycles. The van der Waals surface area contributed by atoms with Crippen molar-refractivity contribution in [2.75, 3.05) is 5.32 Å². The van der Waals surface area contributed by atoms with Crippen molar-refractivity contribution in [2.45, 2.75) is 32.0 Å². The molecule has 1 aliphatic heterocycles. The van der Waals surface area contributed by atoms with Crippen LogP contribution in [0.25, 0.3) is 0 Å². The van der Waals surface area contributed by atoms with Gasteiger partial charge in [0, 0.05) is 17.7 Å². The van der Waals surface area contributed by atoms with Crippen LogP contribution < -0.4 is 10.1 Å². The first-order chi connectivity index (χ1) is 16.8. The lowest BCUT2D eigenvalue weighted by Gasteiger charge is -2.23. The van der Waals surface area contributed by atoms with Gasteiger partial charge in [-0.3, -0.25) is 14.4 Å². The van der Waals surface area contributed by atoms with Crippen LogP contribution in [0.5, 0.6) is 5.75 Å². The Morgan fingerprint density at radius 3 is 2.31 bits per heavy atom. The molecule has 0 radical (unpaired) electrons. The molecule has 178 valence electrons. The first-order valence-electron chi connectivity index (χ1n) is 11.0. The van der Waals surface area contributed by atoms with Crippen molar-refractivity contribution in [1.82, 2.24) is 0 Å². The minimum absolute atomic E-state index is 0.0130. The van der Waals surface area contributed by atoms with Gasteiger partial charge >= 0.3 is 5.97 Å². The smallest absolute Gasteiger partial charge is 0.308 e. The summed E-state index contributed by atoms with van der Waals surface area (Å²) >= 11 is 0. The van der Waals surface area contributed by atoms with E-state index < -0.39 is 23.9 Å². The molecule has 8 heteroatoms. The van der Waals surface area contributed by atoms with Crippen molar-refractivity contribution in [1.29, 1.82) is 0 Å². The number of nitrogens with zero attached hydrogens (tertiary/aromatic N) is 1. The average Bonchev–Trinajstić information content (AvgIpc) is 3.29. The molecule has 4 rings (SSSR count). The maximum atomic E-state index is 13.1. The van der Waals surface area contributed by atoms with Gasteiger partial charge in [-0.15, -0.1) is 0 Å². The number of anilines is 1. The van der Waals surface area contributed by atoms with E-state index >= 15 is 0 Å². The Morgan fingerprint density at radius 1 is 1.00 bits per heavy atom. The lowest BCUT2D eigenvalue weighted by atomic mass is 9.90. The summed E-state index contributed by atoms with van der Waals surface area (Å²) in [6.07, 6.45) is -0.573. The van der Waals surface area contributed by atoms with Gasteiger partial charge in [0.1, 0.15) is 12.4 Å². The quantitative estimate of drug-likeness (QED) is 0.445. The number of ether oxygens (including phenoxy) is 1. The van der Waals surface area contributed by atoms with Crippen LogP contribution in [-0.2, 0) is 21.0 Å². The Balaban J connectivity index is 1.44. The standard InChI is InChI=1S/C27H24N2O6/c1-18(30)20-7-11-22(12-8-20)28-26(33)27(16-25(31)32)15-24(29-35-27)21-9-13-23(14-10-21)34-17-19-5-3-2-4-6-19/h2-14H,15-17H2,1H3,(H,28,33)(H,31,32). The Kier molecular flexibility index (Phi) is 6.91. The first-order valence-corrected chi connectivity index (χ1v) is 11.0. The van der Waals surface area contributed by atoms with Crippen molar-refractivity contribution in [3.8, 4) is 5.75 Å². The second kappa shape index (κ2) is 10.2. The second-order valence-corrected chi connectivity index (χ2v) is 8.26. The summed E-state index contributed by atoms with van der Waals surface area (Å²) in [4.78, 5) is 41.5. The summed E-state index contributed by atoms with van der Waals surface area (Å²) in [6, 6.07) is 23.3. The number of hydrogen-bond acceptors (Lipinski definition) is 6. The molecule has 1 amide bonds. The van der Waals surface area contributed by atoms with Gasteiger partial charge in [0.05, 0.1) is 12.1 Å². The fourth-order valence-electron chi connectivity index (χ4n) is 3.69. The molecule has 0 saturated heterocycles. The van der Waals surface area contributed by atoms with E-state index in [1.54, 1.807) is 48.5 Å². The molecule has 2 N–H and O–H groups in total. The molecule has 0 saturated carbocycles. The fraction of sp³-hybridized carbons (Fsp3) is 0.185. The number of oxime groups is 1. The number of carbonyl (C=O) groups is 3. The molecule has 1 aliphatic rings. The fourth-order valence-corrected chi connectivity index (χ4v) is 3.69. The highest BCUT2D eigenvalue weighted by Gasteiger charge is 2.48. The van der Waals surface area contributed by atoms with Crippen LogP contribution in [0.3, 0.4) is 0 Å². The van der Waals surface area contributed by atoms with Crippen LogP contribution in [0.4, 0.5) is 5.69 Å². The number of ketones is 1. The molecule has 35 heavy (non-hydrogen) atoms. The van der Waals surface area contributed by atoms with E-state index in [4.69, 9.17) is 9.57 Å². The third kappa shape index (κ3) is 5.73. The highest BCUT2D eigenvalue weighted by Crippen LogP contribution is 2.32. The minimum Gasteiger partial charge on any atom is -0.489 e. The van der Waals surface area contributed by atoms with Crippen LogP contribution in [0.15, 0.2) is 84.0 Å². The van der Waals surface area contributed by atoms with Gasteiger partial charge in [-0.1, -0.05) is 35.5 Å². The molecule has 3 aromatic rings. The average molecular weight is 472 g/mol. The predicted octanol–water partition coefficient (Wildman–Crippen LogP) is 4.44. The number of aliphatic carboxylic acids is 1. The van der Waals surface area contributed by atoms with Gasteiger partial charge in [-0.05, 0) is 66.6 Å². The molecule has 0 aliphatic carbocycles. The lowest BCUT2D eigenvalue weighted by molar-refractivity contribution is -0.152. The lowest BCUT2D eigenvalue weighted by Crippen LogP contribution is -2.45. The summed E-state index contributed by atoms with van der Waals surface area (Å²) in [5.74, 6) is -1.25. The Morgan fingerprint density at radius 2 is 1.69 bits per heavy atom.